The van der Waals surface area contributed by atoms with Crippen molar-refractivity contribution in [2.75, 3.05) is 7.05 Å². The molecule has 0 saturated heterocycles. The van der Waals surface area contributed by atoms with Crippen molar-refractivity contribution in [2.45, 2.75) is 51.0 Å². The van der Waals surface area contributed by atoms with Gasteiger partial charge in [-0.25, -0.2) is 0 Å². The maximum atomic E-state index is 5.47. The van der Waals surface area contributed by atoms with Gasteiger partial charge in [0.05, 0.1) is 0 Å². The molecule has 112 valence electrons. The molecule has 0 aliphatic heterocycles. The highest BCUT2D eigenvalue weighted by Gasteiger charge is 2.32. The predicted molar refractivity (Wildman–Crippen MR) is 80.8 cm³/mol. The van der Waals surface area contributed by atoms with Crippen molar-refractivity contribution in [1.82, 2.24) is 20.4 Å². The number of nitrogens with one attached hydrogen (secondary N) is 1. The van der Waals surface area contributed by atoms with Crippen molar-refractivity contribution in [3.8, 4) is 11.4 Å². The van der Waals surface area contributed by atoms with Crippen LogP contribution in [0, 0.1) is 6.92 Å². The molecule has 0 aromatic carbocycles. The molecule has 1 saturated carbocycles. The van der Waals surface area contributed by atoms with Crippen molar-refractivity contribution < 1.29 is 4.52 Å². The van der Waals surface area contributed by atoms with Gasteiger partial charge in [-0.2, -0.15) is 4.98 Å². The molecule has 2 heterocycles. The van der Waals surface area contributed by atoms with Crippen LogP contribution in [-0.2, 0) is 6.42 Å². The minimum absolute atomic E-state index is 0.117. The topological polar surface area (TPSA) is 63.8 Å². The van der Waals surface area contributed by atoms with Crippen molar-refractivity contribution in [3.05, 3.63) is 29.9 Å². The van der Waals surface area contributed by atoms with Crippen LogP contribution >= 0.6 is 0 Å². The fraction of sp³-hybridized carbons (Fsp3) is 0.562. The van der Waals surface area contributed by atoms with Gasteiger partial charge >= 0.3 is 0 Å². The molecule has 1 N–H and O–H groups in total. The Bertz CT molecular complexity index is 602. The highest BCUT2D eigenvalue weighted by atomic mass is 16.5. The summed E-state index contributed by atoms with van der Waals surface area (Å²) in [5, 5.41) is 7.61. The zero-order chi connectivity index (χ0) is 14.7. The minimum Gasteiger partial charge on any atom is -0.339 e. The Morgan fingerprint density at radius 3 is 2.81 bits per heavy atom. The van der Waals surface area contributed by atoms with Gasteiger partial charge in [-0.3, -0.25) is 4.98 Å². The number of rotatable bonds is 4. The van der Waals surface area contributed by atoms with Crippen LogP contribution in [0.3, 0.4) is 0 Å². The average molecular weight is 286 g/mol. The second-order valence-electron chi connectivity index (χ2n) is 5.97. The van der Waals surface area contributed by atoms with Crippen molar-refractivity contribution in [3.63, 3.8) is 0 Å². The summed E-state index contributed by atoms with van der Waals surface area (Å²) < 4.78 is 5.47. The van der Waals surface area contributed by atoms with E-state index in [-0.39, 0.29) is 5.54 Å². The molecule has 1 aliphatic rings. The molecule has 21 heavy (non-hydrogen) atoms. The number of aryl methyl sites for hydroxylation is 1. The van der Waals surface area contributed by atoms with E-state index in [4.69, 9.17) is 4.52 Å². The summed E-state index contributed by atoms with van der Waals surface area (Å²) in [6, 6.07) is 1.96. The lowest BCUT2D eigenvalue weighted by atomic mass is 9.79. The van der Waals surface area contributed by atoms with Crippen LogP contribution in [0.2, 0.25) is 0 Å². The second kappa shape index (κ2) is 5.93. The van der Waals surface area contributed by atoms with Crippen molar-refractivity contribution >= 4 is 0 Å². The summed E-state index contributed by atoms with van der Waals surface area (Å²) in [4.78, 5) is 8.71. The summed E-state index contributed by atoms with van der Waals surface area (Å²) in [5.74, 6) is 1.35. The molecule has 0 bridgehead atoms. The molecule has 0 spiro atoms. The van der Waals surface area contributed by atoms with E-state index in [1.54, 1.807) is 12.4 Å². The lowest BCUT2D eigenvalue weighted by Gasteiger charge is -2.36. The molecule has 1 aliphatic carbocycles. The lowest BCUT2D eigenvalue weighted by molar-refractivity contribution is 0.221. The summed E-state index contributed by atoms with van der Waals surface area (Å²) in [6.45, 7) is 2.03. The molecule has 3 rings (SSSR count). The number of likely N-dealkylation sites (N-methyl/N-ethyl adjacent to an activating group) is 1. The molecule has 5 heteroatoms. The predicted octanol–water partition coefficient (Wildman–Crippen LogP) is 2.90. The van der Waals surface area contributed by atoms with E-state index >= 15 is 0 Å². The van der Waals surface area contributed by atoms with Crippen LogP contribution in [0.5, 0.6) is 0 Å². The van der Waals surface area contributed by atoms with Gasteiger partial charge < -0.3 is 9.84 Å². The third kappa shape index (κ3) is 2.97. The Morgan fingerprint density at radius 1 is 1.29 bits per heavy atom. The lowest BCUT2D eigenvalue weighted by Crippen LogP contribution is -2.46. The smallest absolute Gasteiger partial charge is 0.228 e. The largest absolute Gasteiger partial charge is 0.339 e. The first kappa shape index (κ1) is 14.2. The molecule has 2 aromatic heterocycles. The molecule has 2 aromatic rings. The summed E-state index contributed by atoms with van der Waals surface area (Å²) in [6.07, 6.45) is 10.6. The number of nitrogens with zero attached hydrogens (tertiary/aromatic N) is 3. The molecule has 1 fully saturated rings. The zero-order valence-electron chi connectivity index (χ0n) is 12.7. The maximum absolute atomic E-state index is 5.47. The standard InChI is InChI=1S/C16H22N4O/c1-12-6-9-18-11-13(12)15-19-14(21-20-15)10-16(17-2)7-4-3-5-8-16/h6,9,11,17H,3-5,7-8,10H2,1-2H3. The fourth-order valence-corrected chi connectivity index (χ4v) is 3.17. The van der Waals surface area contributed by atoms with Crippen LogP contribution in [0.1, 0.15) is 43.6 Å². The maximum Gasteiger partial charge on any atom is 0.228 e. The molecule has 0 unspecified atom stereocenters. The molecule has 5 nitrogen and oxygen atoms in total. The van der Waals surface area contributed by atoms with Crippen molar-refractivity contribution in [1.29, 1.82) is 0 Å². The number of pyridine rings is 1. The van der Waals surface area contributed by atoms with Gasteiger partial charge in [-0.15, -0.1) is 0 Å². The van der Waals surface area contributed by atoms with Crippen LogP contribution in [0.25, 0.3) is 11.4 Å². The highest BCUT2D eigenvalue weighted by Crippen LogP contribution is 2.31. The van der Waals surface area contributed by atoms with Crippen LogP contribution in [-0.4, -0.2) is 27.7 Å². The molecule has 0 radical (unpaired) electrons. The van der Waals surface area contributed by atoms with E-state index in [0.717, 1.165) is 17.5 Å². The fourth-order valence-electron chi connectivity index (χ4n) is 3.17. The van der Waals surface area contributed by atoms with E-state index < -0.39 is 0 Å². The Morgan fingerprint density at radius 2 is 2.10 bits per heavy atom. The molecule has 0 amide bonds. The first-order valence-corrected chi connectivity index (χ1v) is 7.65. The van der Waals surface area contributed by atoms with Gasteiger partial charge in [-0.05, 0) is 38.4 Å². The van der Waals surface area contributed by atoms with Crippen LogP contribution < -0.4 is 5.32 Å². The van der Waals surface area contributed by atoms with Crippen LogP contribution in [0.15, 0.2) is 23.0 Å². The molecular weight excluding hydrogens is 264 g/mol. The first-order valence-electron chi connectivity index (χ1n) is 7.65. The summed E-state index contributed by atoms with van der Waals surface area (Å²) in [7, 11) is 2.04. The minimum atomic E-state index is 0.117. The zero-order valence-corrected chi connectivity index (χ0v) is 12.7. The van der Waals surface area contributed by atoms with Gasteiger partial charge in [-0.1, -0.05) is 24.4 Å². The average Bonchev–Trinajstić information content (AvgIpc) is 2.97. The summed E-state index contributed by atoms with van der Waals surface area (Å²) >= 11 is 0. The monoisotopic (exact) mass is 286 g/mol. The molecular formula is C16H22N4O. The van der Waals surface area contributed by atoms with Crippen LogP contribution in [0.4, 0.5) is 0 Å². The Labute approximate surface area is 125 Å². The van der Waals surface area contributed by atoms with E-state index in [2.05, 4.69) is 20.4 Å². The Balaban J connectivity index is 1.80. The van der Waals surface area contributed by atoms with Gasteiger partial charge in [0.25, 0.3) is 0 Å². The summed E-state index contributed by atoms with van der Waals surface area (Å²) in [5.41, 5.74) is 2.17. The van der Waals surface area contributed by atoms with E-state index in [9.17, 15) is 0 Å². The number of hydrogen-bond donors (Lipinski definition) is 1. The second-order valence-corrected chi connectivity index (χ2v) is 5.97. The third-order valence-electron chi connectivity index (χ3n) is 4.58. The third-order valence-corrected chi connectivity index (χ3v) is 4.58. The molecule has 0 atom stereocenters. The van der Waals surface area contributed by atoms with Gasteiger partial charge in [0.15, 0.2) is 0 Å². The Hall–Kier alpha value is -1.75. The Kier molecular flexibility index (Phi) is 4.01. The van der Waals surface area contributed by atoms with E-state index in [0.29, 0.717) is 11.7 Å². The number of aromatic nitrogens is 3. The van der Waals surface area contributed by atoms with Gasteiger partial charge in [0.1, 0.15) is 0 Å². The van der Waals surface area contributed by atoms with Gasteiger partial charge in [0.2, 0.25) is 11.7 Å². The van der Waals surface area contributed by atoms with Crippen molar-refractivity contribution in [2.24, 2.45) is 0 Å². The quantitative estimate of drug-likeness (QED) is 0.936. The SMILES string of the molecule is CNC1(Cc2nc(-c3cnccc3C)no2)CCCCC1. The van der Waals surface area contributed by atoms with Gasteiger partial charge in [0, 0.05) is 29.9 Å². The van der Waals surface area contributed by atoms with E-state index in [1.807, 2.05) is 20.0 Å². The van der Waals surface area contributed by atoms with E-state index in [1.165, 1.54) is 32.1 Å². The normalized spacial score (nSPS) is 17.8. The highest BCUT2D eigenvalue weighted by molar-refractivity contribution is 5.57. The first-order chi connectivity index (χ1) is 10.2. The number of hydrogen-bond acceptors (Lipinski definition) is 5.